The average Bonchev–Trinajstić information content (AvgIpc) is 2.39. The largest absolute Gasteiger partial charge is 0.494 e. The van der Waals surface area contributed by atoms with Crippen LogP contribution >= 0.6 is 0 Å². The third-order valence-electron chi connectivity index (χ3n) is 2.98. The van der Waals surface area contributed by atoms with Gasteiger partial charge in [-0.1, -0.05) is 0 Å². The minimum Gasteiger partial charge on any atom is -0.494 e. The fourth-order valence-corrected chi connectivity index (χ4v) is 1.88. The van der Waals surface area contributed by atoms with E-state index in [1.54, 1.807) is 13.0 Å². The molecule has 0 aliphatic rings. The molecule has 0 atom stereocenters. The molecular weight excluding hydrogens is 267 g/mol. The van der Waals surface area contributed by atoms with Crippen molar-refractivity contribution in [1.82, 2.24) is 0 Å². The van der Waals surface area contributed by atoms with E-state index >= 15 is 0 Å². The number of methoxy groups -OCH3 is 1. The summed E-state index contributed by atoms with van der Waals surface area (Å²) in [7, 11) is 1.32. The minimum absolute atomic E-state index is 0.0148. The highest BCUT2D eigenvalue weighted by molar-refractivity contribution is 5.51. The Balaban J connectivity index is 2.18. The van der Waals surface area contributed by atoms with E-state index in [1.807, 2.05) is 0 Å². The van der Waals surface area contributed by atoms with Gasteiger partial charge in [-0.15, -0.1) is 0 Å². The zero-order valence-electron chi connectivity index (χ0n) is 11.1. The summed E-state index contributed by atoms with van der Waals surface area (Å²) in [6.45, 7) is 1.89. The first-order valence-electron chi connectivity index (χ1n) is 6.03. The first-order chi connectivity index (χ1) is 9.51. The molecule has 0 aliphatic carbocycles. The second-order valence-electron chi connectivity index (χ2n) is 4.39. The molecule has 0 aromatic heterocycles. The van der Waals surface area contributed by atoms with Crippen molar-refractivity contribution in [2.75, 3.05) is 12.4 Å². The maximum absolute atomic E-state index is 13.6. The maximum atomic E-state index is 13.6. The van der Waals surface area contributed by atoms with Gasteiger partial charge in [0, 0.05) is 23.9 Å². The van der Waals surface area contributed by atoms with Crippen molar-refractivity contribution in [2.45, 2.75) is 13.5 Å². The van der Waals surface area contributed by atoms with Crippen LogP contribution in [0.25, 0.3) is 0 Å². The summed E-state index contributed by atoms with van der Waals surface area (Å²) in [5.74, 6) is -1.75. The SMILES string of the molecule is COc1cc(CNc2ccc(F)cc2C)c(F)cc1F. The summed E-state index contributed by atoms with van der Waals surface area (Å²) in [6, 6.07) is 6.36. The molecule has 2 aromatic carbocycles. The molecule has 2 rings (SSSR count). The monoisotopic (exact) mass is 281 g/mol. The van der Waals surface area contributed by atoms with Crippen molar-refractivity contribution in [3.63, 3.8) is 0 Å². The van der Waals surface area contributed by atoms with Gasteiger partial charge in [-0.3, -0.25) is 0 Å². The smallest absolute Gasteiger partial charge is 0.167 e. The molecule has 106 valence electrons. The number of hydrogen-bond acceptors (Lipinski definition) is 2. The van der Waals surface area contributed by atoms with Crippen molar-refractivity contribution in [3.8, 4) is 5.75 Å². The number of rotatable bonds is 4. The summed E-state index contributed by atoms with van der Waals surface area (Å²) in [5.41, 5.74) is 1.67. The number of halogens is 3. The van der Waals surface area contributed by atoms with E-state index in [9.17, 15) is 13.2 Å². The second kappa shape index (κ2) is 5.86. The molecule has 1 N–H and O–H groups in total. The molecule has 0 heterocycles. The van der Waals surface area contributed by atoms with E-state index in [0.717, 1.165) is 6.07 Å². The number of benzene rings is 2. The molecule has 20 heavy (non-hydrogen) atoms. The highest BCUT2D eigenvalue weighted by Crippen LogP contribution is 2.23. The van der Waals surface area contributed by atoms with Crippen LogP contribution in [0.3, 0.4) is 0 Å². The molecule has 0 saturated carbocycles. The highest BCUT2D eigenvalue weighted by Gasteiger charge is 2.10. The van der Waals surface area contributed by atoms with Crippen LogP contribution in [0.1, 0.15) is 11.1 Å². The van der Waals surface area contributed by atoms with Gasteiger partial charge in [0.05, 0.1) is 7.11 Å². The molecule has 0 saturated heterocycles. The second-order valence-corrected chi connectivity index (χ2v) is 4.39. The molecule has 0 spiro atoms. The molecule has 0 aliphatic heterocycles. The van der Waals surface area contributed by atoms with Gasteiger partial charge in [-0.05, 0) is 36.8 Å². The van der Waals surface area contributed by atoms with Gasteiger partial charge in [-0.2, -0.15) is 0 Å². The number of anilines is 1. The Bertz CT molecular complexity index is 629. The van der Waals surface area contributed by atoms with Crippen LogP contribution in [0.4, 0.5) is 18.9 Å². The minimum atomic E-state index is -0.744. The summed E-state index contributed by atoms with van der Waals surface area (Å²) < 4.78 is 44.7. The van der Waals surface area contributed by atoms with Crippen LogP contribution in [-0.4, -0.2) is 7.11 Å². The topological polar surface area (TPSA) is 21.3 Å². The summed E-state index contributed by atoms with van der Waals surface area (Å²) in [4.78, 5) is 0. The van der Waals surface area contributed by atoms with Gasteiger partial charge in [0.25, 0.3) is 0 Å². The van der Waals surface area contributed by atoms with E-state index < -0.39 is 11.6 Å². The van der Waals surface area contributed by atoms with Gasteiger partial charge in [-0.25, -0.2) is 13.2 Å². The normalized spacial score (nSPS) is 10.4. The summed E-state index contributed by atoms with van der Waals surface area (Å²) in [5, 5.41) is 2.98. The van der Waals surface area contributed by atoms with Crippen LogP contribution in [0.5, 0.6) is 5.75 Å². The lowest BCUT2D eigenvalue weighted by Crippen LogP contribution is -2.04. The van der Waals surface area contributed by atoms with Crippen molar-refractivity contribution >= 4 is 5.69 Å². The van der Waals surface area contributed by atoms with E-state index in [0.29, 0.717) is 11.3 Å². The fraction of sp³-hybridized carbons (Fsp3) is 0.200. The van der Waals surface area contributed by atoms with Gasteiger partial charge >= 0.3 is 0 Å². The first kappa shape index (κ1) is 14.2. The Hall–Kier alpha value is -2.17. The number of hydrogen-bond donors (Lipinski definition) is 1. The van der Waals surface area contributed by atoms with Crippen LogP contribution in [0, 0.1) is 24.4 Å². The predicted molar refractivity (Wildman–Crippen MR) is 71.4 cm³/mol. The van der Waals surface area contributed by atoms with Crippen LogP contribution < -0.4 is 10.1 Å². The molecule has 0 radical (unpaired) electrons. The highest BCUT2D eigenvalue weighted by atomic mass is 19.1. The van der Waals surface area contributed by atoms with Crippen LogP contribution in [0.15, 0.2) is 30.3 Å². The molecule has 2 nitrogen and oxygen atoms in total. The number of nitrogens with one attached hydrogen (secondary N) is 1. The Kier molecular flexibility index (Phi) is 4.17. The lowest BCUT2D eigenvalue weighted by atomic mass is 10.1. The van der Waals surface area contributed by atoms with Crippen molar-refractivity contribution in [3.05, 3.63) is 58.9 Å². The van der Waals surface area contributed by atoms with Gasteiger partial charge in [0.15, 0.2) is 11.6 Å². The maximum Gasteiger partial charge on any atom is 0.167 e. The van der Waals surface area contributed by atoms with Crippen LogP contribution in [-0.2, 0) is 6.54 Å². The lowest BCUT2D eigenvalue weighted by Gasteiger charge is -2.11. The van der Waals surface area contributed by atoms with Crippen molar-refractivity contribution in [2.24, 2.45) is 0 Å². The number of ether oxygens (including phenoxy) is 1. The summed E-state index contributed by atoms with van der Waals surface area (Å²) >= 11 is 0. The van der Waals surface area contributed by atoms with Crippen molar-refractivity contribution < 1.29 is 17.9 Å². The van der Waals surface area contributed by atoms with Crippen LogP contribution in [0.2, 0.25) is 0 Å². The predicted octanol–water partition coefficient (Wildman–Crippen LogP) is 4.03. The summed E-state index contributed by atoms with van der Waals surface area (Å²) in [6.07, 6.45) is 0. The fourth-order valence-electron chi connectivity index (χ4n) is 1.88. The Morgan fingerprint density at radius 3 is 2.45 bits per heavy atom. The van der Waals surface area contributed by atoms with E-state index in [1.165, 1.54) is 25.3 Å². The molecule has 0 fully saturated rings. The Labute approximate surface area is 115 Å². The van der Waals surface area contributed by atoms with E-state index in [2.05, 4.69) is 5.32 Å². The average molecular weight is 281 g/mol. The van der Waals surface area contributed by atoms with E-state index in [-0.39, 0.29) is 23.7 Å². The molecule has 0 unspecified atom stereocenters. The molecule has 0 bridgehead atoms. The van der Waals surface area contributed by atoms with E-state index in [4.69, 9.17) is 4.74 Å². The first-order valence-corrected chi connectivity index (χ1v) is 6.03. The van der Waals surface area contributed by atoms with Gasteiger partial charge in [0.1, 0.15) is 11.6 Å². The molecular formula is C15H14F3NO. The third kappa shape index (κ3) is 3.04. The van der Waals surface area contributed by atoms with Gasteiger partial charge in [0.2, 0.25) is 0 Å². The lowest BCUT2D eigenvalue weighted by molar-refractivity contribution is 0.383. The Morgan fingerprint density at radius 1 is 1.05 bits per heavy atom. The number of aryl methyl sites for hydroxylation is 1. The van der Waals surface area contributed by atoms with Gasteiger partial charge < -0.3 is 10.1 Å². The molecule has 5 heteroatoms. The van der Waals surface area contributed by atoms with Crippen molar-refractivity contribution in [1.29, 1.82) is 0 Å². The zero-order valence-corrected chi connectivity index (χ0v) is 11.1. The zero-order chi connectivity index (χ0) is 14.7. The molecule has 2 aromatic rings. The molecule has 0 amide bonds. The Morgan fingerprint density at radius 2 is 1.80 bits per heavy atom. The third-order valence-corrected chi connectivity index (χ3v) is 2.98. The standard InChI is InChI=1S/C15H14F3NO/c1-9-5-11(16)3-4-14(9)19-8-10-6-15(20-2)13(18)7-12(10)17/h3-7,19H,8H2,1-2H3. The quantitative estimate of drug-likeness (QED) is 0.913.